The summed E-state index contributed by atoms with van der Waals surface area (Å²) in [5.74, 6) is -0.310. The van der Waals surface area contributed by atoms with Crippen LogP contribution in [0.5, 0.6) is 0 Å². The quantitative estimate of drug-likeness (QED) is 0.260. The van der Waals surface area contributed by atoms with E-state index in [9.17, 15) is 4.79 Å². The highest BCUT2D eigenvalue weighted by atomic mass is 16.5. The molecule has 1 aromatic carbocycles. The molecule has 108 valence electrons. The molecule has 0 aromatic heterocycles. The average molecular weight is 276 g/mol. The number of azide groups is 1. The largest absolute Gasteiger partial charge is 0.467 e. The summed E-state index contributed by atoms with van der Waals surface area (Å²) in [6.07, 6.45) is 1.24. The predicted octanol–water partition coefficient (Wildman–Crippen LogP) is 2.75. The molecule has 6 nitrogen and oxygen atoms in total. The Hall–Kier alpha value is -2.04. The molecule has 0 saturated heterocycles. The van der Waals surface area contributed by atoms with Gasteiger partial charge in [-0.1, -0.05) is 42.4 Å². The highest BCUT2D eigenvalue weighted by molar-refractivity contribution is 5.82. The first-order valence-corrected chi connectivity index (χ1v) is 6.61. The topological polar surface area (TPSA) is 87.1 Å². The van der Waals surface area contributed by atoms with Gasteiger partial charge in [0.2, 0.25) is 0 Å². The van der Waals surface area contributed by atoms with Gasteiger partial charge in [0, 0.05) is 11.5 Å². The van der Waals surface area contributed by atoms with Crippen LogP contribution in [0.4, 0.5) is 0 Å². The molecule has 20 heavy (non-hydrogen) atoms. The number of carbonyl (C=O) groups excluding carboxylic acids is 1. The van der Waals surface area contributed by atoms with Crippen LogP contribution in [0, 0.1) is 0 Å². The van der Waals surface area contributed by atoms with Crippen LogP contribution >= 0.6 is 0 Å². The van der Waals surface area contributed by atoms with Crippen molar-refractivity contribution in [2.45, 2.75) is 25.3 Å². The van der Waals surface area contributed by atoms with Gasteiger partial charge < -0.3 is 4.74 Å². The number of rotatable bonds is 8. The number of hydrogen-bond donors (Lipinski definition) is 1. The Kier molecular flexibility index (Phi) is 6.56. The van der Waals surface area contributed by atoms with Crippen molar-refractivity contribution >= 4 is 5.97 Å². The standard InChI is InChI=1S/C14H20N4O2/c1-3-14(13(19)20-2,12-8-5-4-6-9-12)16-10-7-11-17-18-15/h4-6,8-9,16H,3,7,10-11H2,1-2H3. The van der Waals surface area contributed by atoms with Crippen LogP contribution in [-0.4, -0.2) is 26.2 Å². The smallest absolute Gasteiger partial charge is 0.330 e. The Morgan fingerprint density at radius 3 is 2.70 bits per heavy atom. The normalized spacial score (nSPS) is 13.1. The summed E-state index contributed by atoms with van der Waals surface area (Å²) in [6.45, 7) is 2.90. The molecule has 0 aliphatic rings. The Balaban J connectivity index is 2.89. The summed E-state index contributed by atoms with van der Waals surface area (Å²) in [7, 11) is 1.39. The number of esters is 1. The second-order valence-corrected chi connectivity index (χ2v) is 4.35. The number of methoxy groups -OCH3 is 1. The van der Waals surface area contributed by atoms with Crippen molar-refractivity contribution in [2.75, 3.05) is 20.2 Å². The van der Waals surface area contributed by atoms with Gasteiger partial charge in [0.15, 0.2) is 0 Å². The zero-order chi connectivity index (χ0) is 14.8. The first-order valence-electron chi connectivity index (χ1n) is 6.61. The summed E-state index contributed by atoms with van der Waals surface area (Å²) in [6, 6.07) is 9.50. The molecule has 6 heteroatoms. The summed E-state index contributed by atoms with van der Waals surface area (Å²) < 4.78 is 4.96. The average Bonchev–Trinajstić information content (AvgIpc) is 2.51. The fourth-order valence-electron chi connectivity index (χ4n) is 2.16. The van der Waals surface area contributed by atoms with Crippen molar-refractivity contribution in [3.8, 4) is 0 Å². The van der Waals surface area contributed by atoms with E-state index in [1.807, 2.05) is 37.3 Å². The van der Waals surface area contributed by atoms with E-state index < -0.39 is 5.54 Å². The lowest BCUT2D eigenvalue weighted by Gasteiger charge is -2.31. The fourth-order valence-corrected chi connectivity index (χ4v) is 2.16. The Morgan fingerprint density at radius 2 is 2.15 bits per heavy atom. The Morgan fingerprint density at radius 1 is 1.45 bits per heavy atom. The molecule has 0 aliphatic carbocycles. The molecule has 0 bridgehead atoms. The van der Waals surface area contributed by atoms with Crippen LogP contribution in [0.3, 0.4) is 0 Å². The summed E-state index contributed by atoms with van der Waals surface area (Å²) in [5, 5.41) is 6.73. The molecular formula is C14H20N4O2. The van der Waals surface area contributed by atoms with Crippen LogP contribution in [0.25, 0.3) is 10.4 Å². The van der Waals surface area contributed by atoms with Gasteiger partial charge in [-0.3, -0.25) is 5.32 Å². The molecule has 1 atom stereocenters. The van der Waals surface area contributed by atoms with Gasteiger partial charge in [-0.2, -0.15) is 0 Å². The van der Waals surface area contributed by atoms with Gasteiger partial charge >= 0.3 is 5.97 Å². The first-order chi connectivity index (χ1) is 9.71. The lowest BCUT2D eigenvalue weighted by atomic mass is 9.87. The molecular weight excluding hydrogens is 256 g/mol. The minimum absolute atomic E-state index is 0.310. The number of hydrogen-bond acceptors (Lipinski definition) is 4. The summed E-state index contributed by atoms with van der Waals surface area (Å²) in [4.78, 5) is 14.9. The molecule has 0 spiro atoms. The third-order valence-electron chi connectivity index (χ3n) is 3.26. The van der Waals surface area contributed by atoms with Gasteiger partial charge in [-0.15, -0.1) is 0 Å². The molecule has 0 saturated carbocycles. The van der Waals surface area contributed by atoms with E-state index in [2.05, 4.69) is 15.3 Å². The zero-order valence-electron chi connectivity index (χ0n) is 11.9. The van der Waals surface area contributed by atoms with Gasteiger partial charge in [0.1, 0.15) is 5.54 Å². The predicted molar refractivity (Wildman–Crippen MR) is 77.1 cm³/mol. The van der Waals surface area contributed by atoms with Gasteiger partial charge in [0.05, 0.1) is 7.11 Å². The van der Waals surface area contributed by atoms with Crippen molar-refractivity contribution in [3.63, 3.8) is 0 Å². The number of ether oxygens (including phenoxy) is 1. The maximum absolute atomic E-state index is 12.2. The molecule has 1 N–H and O–H groups in total. The van der Waals surface area contributed by atoms with Crippen molar-refractivity contribution in [1.29, 1.82) is 0 Å². The number of nitrogens with one attached hydrogen (secondary N) is 1. The molecule has 1 unspecified atom stereocenters. The minimum Gasteiger partial charge on any atom is -0.467 e. The Bertz CT molecular complexity index is 471. The highest BCUT2D eigenvalue weighted by Gasteiger charge is 2.38. The van der Waals surface area contributed by atoms with Gasteiger partial charge in [0.25, 0.3) is 0 Å². The molecule has 0 heterocycles. The van der Waals surface area contributed by atoms with E-state index in [1.54, 1.807) is 0 Å². The van der Waals surface area contributed by atoms with Crippen LogP contribution < -0.4 is 5.32 Å². The molecule has 1 rings (SSSR count). The van der Waals surface area contributed by atoms with Crippen LogP contribution in [0.15, 0.2) is 35.4 Å². The third-order valence-corrected chi connectivity index (χ3v) is 3.26. The van der Waals surface area contributed by atoms with E-state index in [0.717, 1.165) is 5.56 Å². The zero-order valence-corrected chi connectivity index (χ0v) is 11.9. The molecule has 0 fully saturated rings. The van der Waals surface area contributed by atoms with E-state index >= 15 is 0 Å². The molecule has 1 aromatic rings. The van der Waals surface area contributed by atoms with Crippen molar-refractivity contribution < 1.29 is 9.53 Å². The Labute approximate surface area is 118 Å². The van der Waals surface area contributed by atoms with E-state index in [4.69, 9.17) is 10.3 Å². The number of carbonyl (C=O) groups is 1. The van der Waals surface area contributed by atoms with Crippen molar-refractivity contribution in [2.24, 2.45) is 5.11 Å². The van der Waals surface area contributed by atoms with Crippen LogP contribution in [-0.2, 0) is 15.1 Å². The van der Waals surface area contributed by atoms with Gasteiger partial charge in [-0.05, 0) is 30.5 Å². The molecule has 0 aliphatic heterocycles. The monoisotopic (exact) mass is 276 g/mol. The lowest BCUT2D eigenvalue weighted by Crippen LogP contribution is -2.50. The van der Waals surface area contributed by atoms with Gasteiger partial charge in [-0.25, -0.2) is 4.79 Å². The number of nitrogens with zero attached hydrogens (tertiary/aromatic N) is 3. The van der Waals surface area contributed by atoms with E-state index in [-0.39, 0.29) is 5.97 Å². The summed E-state index contributed by atoms with van der Waals surface area (Å²) >= 11 is 0. The summed E-state index contributed by atoms with van der Waals surface area (Å²) in [5.41, 5.74) is 8.26. The second kappa shape index (κ2) is 8.19. The maximum Gasteiger partial charge on any atom is 0.330 e. The van der Waals surface area contributed by atoms with Crippen LogP contribution in [0.1, 0.15) is 25.3 Å². The van der Waals surface area contributed by atoms with Crippen LogP contribution in [0.2, 0.25) is 0 Å². The lowest BCUT2D eigenvalue weighted by molar-refractivity contribution is -0.149. The van der Waals surface area contributed by atoms with Crippen molar-refractivity contribution in [3.05, 3.63) is 46.3 Å². The molecule has 0 radical (unpaired) electrons. The first kappa shape index (κ1) is 16.0. The number of benzene rings is 1. The minimum atomic E-state index is -0.855. The van der Waals surface area contributed by atoms with E-state index in [0.29, 0.717) is 25.9 Å². The molecule has 0 amide bonds. The maximum atomic E-state index is 12.2. The highest BCUT2D eigenvalue weighted by Crippen LogP contribution is 2.26. The van der Waals surface area contributed by atoms with Crippen molar-refractivity contribution in [1.82, 2.24) is 5.32 Å². The second-order valence-electron chi connectivity index (χ2n) is 4.35. The fraction of sp³-hybridized carbons (Fsp3) is 0.500. The SMILES string of the molecule is CCC(NCCCN=[N+]=[N-])(C(=O)OC)c1ccccc1. The third kappa shape index (κ3) is 3.73. The van der Waals surface area contributed by atoms with E-state index in [1.165, 1.54) is 7.11 Å².